The van der Waals surface area contributed by atoms with Gasteiger partial charge < -0.3 is 14.1 Å². The Morgan fingerprint density at radius 3 is 2.85 bits per heavy atom. The second-order valence-electron chi connectivity index (χ2n) is 6.70. The molecule has 2 aliphatic heterocycles. The van der Waals surface area contributed by atoms with Crippen LogP contribution in [0.3, 0.4) is 0 Å². The maximum absolute atomic E-state index is 13.1. The normalized spacial score (nSPS) is 21.6. The Morgan fingerprint density at radius 2 is 2.08 bits per heavy atom. The minimum absolute atomic E-state index is 0.164. The van der Waals surface area contributed by atoms with E-state index in [4.69, 9.17) is 9.15 Å². The molecule has 9 heteroatoms. The number of aryl methyl sites for hydroxylation is 2. The lowest BCUT2D eigenvalue weighted by molar-refractivity contribution is -0.0176. The van der Waals surface area contributed by atoms with E-state index in [9.17, 15) is 8.42 Å². The number of benzene rings is 1. The van der Waals surface area contributed by atoms with Crippen LogP contribution < -0.4 is 4.90 Å². The second-order valence-corrected chi connectivity index (χ2v) is 8.64. The van der Waals surface area contributed by atoms with Crippen molar-refractivity contribution in [3.63, 3.8) is 0 Å². The van der Waals surface area contributed by atoms with Gasteiger partial charge in [0.2, 0.25) is 21.8 Å². The molecule has 140 valence electrons. The summed E-state index contributed by atoms with van der Waals surface area (Å²) >= 11 is 0. The largest absolute Gasteiger partial charge is 0.423 e. The molecule has 1 atom stereocenters. The number of hydrogen-bond donors (Lipinski definition) is 0. The molecule has 1 fully saturated rings. The third-order valence-corrected chi connectivity index (χ3v) is 6.75. The van der Waals surface area contributed by atoms with Crippen LogP contribution in [0.1, 0.15) is 29.9 Å². The van der Waals surface area contributed by atoms with Crippen LogP contribution in [0.5, 0.6) is 0 Å². The zero-order valence-electron chi connectivity index (χ0n) is 14.9. The Kier molecular flexibility index (Phi) is 4.45. The summed E-state index contributed by atoms with van der Waals surface area (Å²) in [5.74, 6) is 0.744. The summed E-state index contributed by atoms with van der Waals surface area (Å²) in [5.41, 5.74) is 2.19. The molecule has 0 aliphatic carbocycles. The summed E-state index contributed by atoms with van der Waals surface area (Å²) < 4.78 is 38.8. The first-order valence-electron chi connectivity index (χ1n) is 8.71. The molecular formula is C17H22N4O4S. The summed E-state index contributed by atoms with van der Waals surface area (Å²) in [4.78, 5) is 2.42. The number of rotatable bonds is 3. The van der Waals surface area contributed by atoms with E-state index in [1.807, 2.05) is 13.1 Å². The predicted molar refractivity (Wildman–Crippen MR) is 94.5 cm³/mol. The first kappa shape index (κ1) is 17.4. The molecule has 0 spiro atoms. The maximum atomic E-state index is 13.1. The molecule has 1 aromatic carbocycles. The number of nitrogens with zero attached hydrogens (tertiary/aromatic N) is 4. The van der Waals surface area contributed by atoms with E-state index in [-0.39, 0.29) is 13.2 Å². The van der Waals surface area contributed by atoms with Crippen LogP contribution in [-0.2, 0) is 21.2 Å². The maximum Gasteiger partial charge on any atom is 0.246 e. The zero-order valence-corrected chi connectivity index (χ0v) is 15.7. The first-order valence-corrected chi connectivity index (χ1v) is 10.1. The molecule has 2 aliphatic rings. The summed E-state index contributed by atoms with van der Waals surface area (Å²) in [6.07, 6.45) is 1.53. The fourth-order valence-corrected chi connectivity index (χ4v) is 4.93. The van der Waals surface area contributed by atoms with E-state index in [0.29, 0.717) is 23.2 Å². The average Bonchev–Trinajstić information content (AvgIpc) is 3.08. The minimum atomic E-state index is -3.62. The standard InChI is InChI=1S/C17H22N4O4S/c1-12-18-19-17(25-12)16-11-21(8-9-24-16)26(22,23)14-6-5-13-4-3-7-20(2)15(13)10-14/h5-6,10,16H,3-4,7-9,11H2,1-2H3/t16-/m1/s1. The molecular weight excluding hydrogens is 356 g/mol. The average molecular weight is 378 g/mol. The number of anilines is 1. The lowest BCUT2D eigenvalue weighted by Gasteiger charge is -2.32. The molecule has 8 nitrogen and oxygen atoms in total. The van der Waals surface area contributed by atoms with Gasteiger partial charge in [-0.3, -0.25) is 0 Å². The quantitative estimate of drug-likeness (QED) is 0.800. The van der Waals surface area contributed by atoms with Crippen molar-refractivity contribution in [2.75, 3.05) is 38.2 Å². The van der Waals surface area contributed by atoms with Gasteiger partial charge in [-0.05, 0) is 30.5 Å². The van der Waals surface area contributed by atoms with Crippen LogP contribution >= 0.6 is 0 Å². The van der Waals surface area contributed by atoms with Crippen LogP contribution in [0, 0.1) is 6.92 Å². The molecule has 26 heavy (non-hydrogen) atoms. The van der Waals surface area contributed by atoms with Gasteiger partial charge in [0.05, 0.1) is 11.5 Å². The van der Waals surface area contributed by atoms with E-state index in [1.54, 1.807) is 19.1 Å². The van der Waals surface area contributed by atoms with Crippen LogP contribution in [-0.4, -0.2) is 56.2 Å². The Bertz CT molecular complexity index is 911. The van der Waals surface area contributed by atoms with Crippen LogP contribution in [0.4, 0.5) is 5.69 Å². The van der Waals surface area contributed by atoms with Crippen molar-refractivity contribution in [2.24, 2.45) is 0 Å². The molecule has 0 amide bonds. The molecule has 0 saturated carbocycles. The van der Waals surface area contributed by atoms with Gasteiger partial charge in [-0.2, -0.15) is 4.31 Å². The highest BCUT2D eigenvalue weighted by Crippen LogP contribution is 2.31. The van der Waals surface area contributed by atoms with Gasteiger partial charge in [0.15, 0.2) is 0 Å². The van der Waals surface area contributed by atoms with Crippen LogP contribution in [0.15, 0.2) is 27.5 Å². The fourth-order valence-electron chi connectivity index (χ4n) is 3.48. The van der Waals surface area contributed by atoms with Crippen molar-refractivity contribution in [3.05, 3.63) is 35.5 Å². The molecule has 1 saturated heterocycles. The van der Waals surface area contributed by atoms with Crippen molar-refractivity contribution in [3.8, 4) is 0 Å². The smallest absolute Gasteiger partial charge is 0.246 e. The van der Waals surface area contributed by atoms with Gasteiger partial charge >= 0.3 is 0 Å². The lowest BCUT2D eigenvalue weighted by Crippen LogP contribution is -2.42. The van der Waals surface area contributed by atoms with Gasteiger partial charge in [-0.25, -0.2) is 8.42 Å². The SMILES string of the molecule is Cc1nnc([C@H]2CN(S(=O)(=O)c3ccc4c(c3)N(C)CCC4)CCO2)o1. The topological polar surface area (TPSA) is 88.8 Å². The lowest BCUT2D eigenvalue weighted by atomic mass is 10.0. The van der Waals surface area contributed by atoms with Crippen molar-refractivity contribution in [1.82, 2.24) is 14.5 Å². The second kappa shape index (κ2) is 6.64. The van der Waals surface area contributed by atoms with E-state index in [1.165, 1.54) is 9.87 Å². The highest BCUT2D eigenvalue weighted by molar-refractivity contribution is 7.89. The number of fused-ring (bicyclic) bond motifs is 1. The minimum Gasteiger partial charge on any atom is -0.423 e. The number of hydrogen-bond acceptors (Lipinski definition) is 7. The number of aromatic nitrogens is 2. The molecule has 1 aromatic heterocycles. The number of morpholine rings is 1. The molecule has 0 radical (unpaired) electrons. The van der Waals surface area contributed by atoms with Gasteiger partial charge in [0, 0.05) is 39.3 Å². The first-order chi connectivity index (χ1) is 12.4. The molecule has 2 aromatic rings. The fraction of sp³-hybridized carbons (Fsp3) is 0.529. The zero-order chi connectivity index (χ0) is 18.3. The summed E-state index contributed by atoms with van der Waals surface area (Å²) in [5, 5.41) is 7.75. The summed E-state index contributed by atoms with van der Waals surface area (Å²) in [6.45, 7) is 3.38. The van der Waals surface area contributed by atoms with Gasteiger partial charge in [0.1, 0.15) is 6.10 Å². The van der Waals surface area contributed by atoms with Crippen LogP contribution in [0.25, 0.3) is 0 Å². The van der Waals surface area contributed by atoms with Gasteiger partial charge in [-0.15, -0.1) is 10.2 Å². The third-order valence-electron chi connectivity index (χ3n) is 4.89. The van der Waals surface area contributed by atoms with Gasteiger partial charge in [-0.1, -0.05) is 6.07 Å². The monoisotopic (exact) mass is 378 g/mol. The Balaban J connectivity index is 1.61. The molecule has 0 N–H and O–H groups in total. The molecule has 0 unspecified atom stereocenters. The Hall–Kier alpha value is -1.97. The van der Waals surface area contributed by atoms with Crippen molar-refractivity contribution in [1.29, 1.82) is 0 Å². The Labute approximate surface area is 152 Å². The highest BCUT2D eigenvalue weighted by atomic mass is 32.2. The van der Waals surface area contributed by atoms with Gasteiger partial charge in [0.25, 0.3) is 0 Å². The van der Waals surface area contributed by atoms with Crippen molar-refractivity contribution in [2.45, 2.75) is 30.8 Å². The van der Waals surface area contributed by atoms with Crippen LogP contribution in [0.2, 0.25) is 0 Å². The molecule has 0 bridgehead atoms. The summed E-state index contributed by atoms with van der Waals surface area (Å²) in [7, 11) is -1.62. The van der Waals surface area contributed by atoms with E-state index in [2.05, 4.69) is 15.1 Å². The van der Waals surface area contributed by atoms with Crippen molar-refractivity contribution >= 4 is 15.7 Å². The number of sulfonamides is 1. The van der Waals surface area contributed by atoms with E-state index in [0.717, 1.165) is 25.1 Å². The molecule has 3 heterocycles. The summed E-state index contributed by atoms with van der Waals surface area (Å²) in [6, 6.07) is 5.41. The number of ether oxygens (including phenoxy) is 1. The predicted octanol–water partition coefficient (Wildman–Crippen LogP) is 1.52. The Morgan fingerprint density at radius 1 is 1.23 bits per heavy atom. The third kappa shape index (κ3) is 3.10. The van der Waals surface area contributed by atoms with E-state index < -0.39 is 16.1 Å². The highest BCUT2D eigenvalue weighted by Gasteiger charge is 2.34. The molecule has 4 rings (SSSR count). The van der Waals surface area contributed by atoms with E-state index >= 15 is 0 Å². The van der Waals surface area contributed by atoms with Crippen molar-refractivity contribution < 1.29 is 17.6 Å².